The van der Waals surface area contributed by atoms with Crippen LogP contribution in [0.25, 0.3) is 0 Å². The molecule has 0 saturated heterocycles. The van der Waals surface area contributed by atoms with Crippen LogP contribution in [0.2, 0.25) is 0 Å². The van der Waals surface area contributed by atoms with Gasteiger partial charge in [0.2, 0.25) is 0 Å². The number of ether oxygens (including phenoxy) is 6. The number of hydrogen-bond acceptors (Lipinski definition) is 10. The Balaban J connectivity index is 1.44. The maximum atomic E-state index is 14.1. The van der Waals surface area contributed by atoms with E-state index in [4.69, 9.17) is 28.4 Å². The first kappa shape index (κ1) is 40.8. The molecule has 0 N–H and O–H groups in total. The van der Waals surface area contributed by atoms with E-state index < -0.39 is 48.3 Å². The highest BCUT2D eigenvalue weighted by Crippen LogP contribution is 2.25. The molecule has 10 heteroatoms. The monoisotopic (exact) mass is 778 g/mol. The fourth-order valence-corrected chi connectivity index (χ4v) is 5.93. The first-order chi connectivity index (χ1) is 28.4. The topological polar surface area (TPSA) is 124 Å². The lowest BCUT2D eigenvalue weighted by atomic mass is 10.0. The van der Waals surface area contributed by atoms with Gasteiger partial charge in [-0.2, -0.15) is 0 Å². The standard InChI is InChI=1S/C48H42O10/c49-45(37-23-11-3-12-24-37)55-41(33-53-31-35-19-7-1-8-20-35)43(57-47(51)39-27-15-5-16-28-39)44(58-48(52)40-29-17-6-18-30-40)42(34-54-32-36-21-9-2-10-22-36)56-46(50)38-25-13-4-14-26-38/h1-30,41-44H,31-34H2/t41-,42+,43-,44-/m1/s1. The lowest BCUT2D eigenvalue weighted by Gasteiger charge is -2.36. The number of hydrogen-bond donors (Lipinski definition) is 0. The smallest absolute Gasteiger partial charge is 0.338 e. The Morgan fingerprint density at radius 2 is 0.569 bits per heavy atom. The van der Waals surface area contributed by atoms with Crippen molar-refractivity contribution in [3.8, 4) is 0 Å². The second kappa shape index (κ2) is 21.4. The molecule has 294 valence electrons. The van der Waals surface area contributed by atoms with Crippen molar-refractivity contribution in [2.24, 2.45) is 0 Å². The molecule has 0 saturated carbocycles. The fourth-order valence-electron chi connectivity index (χ4n) is 5.93. The fraction of sp³-hybridized carbons (Fsp3) is 0.167. The average molecular weight is 779 g/mol. The Morgan fingerprint density at radius 1 is 0.328 bits per heavy atom. The third-order valence-electron chi connectivity index (χ3n) is 8.89. The van der Waals surface area contributed by atoms with Gasteiger partial charge in [-0.25, -0.2) is 19.2 Å². The van der Waals surface area contributed by atoms with Gasteiger partial charge >= 0.3 is 23.9 Å². The van der Waals surface area contributed by atoms with Gasteiger partial charge in [0.15, 0.2) is 24.4 Å². The summed E-state index contributed by atoms with van der Waals surface area (Å²) in [5, 5.41) is 0. The molecule has 0 aliphatic carbocycles. The summed E-state index contributed by atoms with van der Waals surface area (Å²) in [5.41, 5.74) is 2.39. The third-order valence-corrected chi connectivity index (χ3v) is 8.89. The molecule has 10 nitrogen and oxygen atoms in total. The molecule has 0 bridgehead atoms. The molecule has 0 aliphatic heterocycles. The number of carbonyl (C=O) groups is 4. The van der Waals surface area contributed by atoms with E-state index in [2.05, 4.69) is 0 Å². The Labute approximate surface area is 336 Å². The summed E-state index contributed by atoms with van der Waals surface area (Å²) in [7, 11) is 0. The van der Waals surface area contributed by atoms with E-state index in [-0.39, 0.29) is 48.7 Å². The number of esters is 4. The number of carbonyl (C=O) groups excluding carboxylic acids is 4. The summed E-state index contributed by atoms with van der Waals surface area (Å²) in [5.74, 6) is -3.18. The maximum Gasteiger partial charge on any atom is 0.338 e. The van der Waals surface area contributed by atoms with Crippen LogP contribution >= 0.6 is 0 Å². The van der Waals surface area contributed by atoms with Gasteiger partial charge in [0.1, 0.15) is 0 Å². The molecule has 6 aromatic carbocycles. The average Bonchev–Trinajstić information content (AvgIpc) is 3.28. The zero-order valence-corrected chi connectivity index (χ0v) is 31.5. The molecule has 0 aromatic heterocycles. The van der Waals surface area contributed by atoms with Gasteiger partial charge in [0.05, 0.1) is 48.7 Å². The molecule has 0 unspecified atom stereocenters. The molecule has 0 radical (unpaired) electrons. The molecule has 0 fully saturated rings. The van der Waals surface area contributed by atoms with Crippen LogP contribution in [0.5, 0.6) is 0 Å². The minimum atomic E-state index is -1.63. The van der Waals surface area contributed by atoms with Crippen LogP contribution in [-0.2, 0) is 41.6 Å². The summed E-state index contributed by atoms with van der Waals surface area (Å²) < 4.78 is 37.1. The predicted molar refractivity (Wildman–Crippen MR) is 215 cm³/mol. The highest BCUT2D eigenvalue weighted by atomic mass is 16.6. The van der Waals surface area contributed by atoms with Crippen LogP contribution in [0.15, 0.2) is 182 Å². The van der Waals surface area contributed by atoms with Crippen molar-refractivity contribution in [3.63, 3.8) is 0 Å². The van der Waals surface area contributed by atoms with Gasteiger partial charge in [0, 0.05) is 0 Å². The Bertz CT molecular complexity index is 2010. The molecular formula is C48H42O10. The molecule has 6 aromatic rings. The van der Waals surface area contributed by atoms with Crippen LogP contribution in [0, 0.1) is 0 Å². The Kier molecular flexibility index (Phi) is 15.1. The lowest BCUT2D eigenvalue weighted by Crippen LogP contribution is -2.54. The van der Waals surface area contributed by atoms with E-state index in [1.165, 1.54) is 0 Å². The first-order valence-corrected chi connectivity index (χ1v) is 18.7. The molecule has 6 rings (SSSR count). The summed E-state index contributed by atoms with van der Waals surface area (Å²) in [6.45, 7) is -0.463. The molecule has 0 heterocycles. The zero-order valence-electron chi connectivity index (χ0n) is 31.5. The van der Waals surface area contributed by atoms with Gasteiger partial charge in [-0.3, -0.25) is 0 Å². The van der Waals surface area contributed by atoms with Crippen molar-refractivity contribution >= 4 is 23.9 Å². The van der Waals surface area contributed by atoms with Crippen molar-refractivity contribution in [2.45, 2.75) is 37.6 Å². The first-order valence-electron chi connectivity index (χ1n) is 18.7. The van der Waals surface area contributed by atoms with E-state index in [1.54, 1.807) is 121 Å². The molecular weight excluding hydrogens is 737 g/mol. The van der Waals surface area contributed by atoms with Gasteiger partial charge < -0.3 is 28.4 Å². The van der Waals surface area contributed by atoms with Crippen molar-refractivity contribution in [2.75, 3.05) is 13.2 Å². The summed E-state index contributed by atoms with van der Waals surface area (Å²) in [6.07, 6.45) is -6.11. The molecule has 0 spiro atoms. The minimum absolute atomic E-state index is 0.0979. The van der Waals surface area contributed by atoms with Crippen molar-refractivity contribution in [1.82, 2.24) is 0 Å². The number of benzene rings is 6. The van der Waals surface area contributed by atoms with Crippen LogP contribution in [0.1, 0.15) is 52.6 Å². The van der Waals surface area contributed by atoms with Crippen molar-refractivity contribution in [3.05, 3.63) is 215 Å². The van der Waals surface area contributed by atoms with Crippen LogP contribution in [-0.4, -0.2) is 61.5 Å². The van der Waals surface area contributed by atoms with Gasteiger partial charge in [-0.1, -0.05) is 133 Å². The number of rotatable bonds is 19. The normalized spacial score (nSPS) is 12.9. The van der Waals surface area contributed by atoms with E-state index >= 15 is 0 Å². The molecule has 4 atom stereocenters. The van der Waals surface area contributed by atoms with E-state index in [0.717, 1.165) is 11.1 Å². The molecule has 58 heavy (non-hydrogen) atoms. The van der Waals surface area contributed by atoms with Crippen molar-refractivity contribution in [1.29, 1.82) is 0 Å². The van der Waals surface area contributed by atoms with Crippen molar-refractivity contribution < 1.29 is 47.6 Å². The lowest BCUT2D eigenvalue weighted by molar-refractivity contribution is -0.147. The second-order valence-electron chi connectivity index (χ2n) is 13.1. The predicted octanol–water partition coefficient (Wildman–Crippen LogP) is 8.32. The van der Waals surface area contributed by atoms with Crippen LogP contribution in [0.4, 0.5) is 0 Å². The Hall–Kier alpha value is -6.88. The zero-order chi connectivity index (χ0) is 40.4. The summed E-state index contributed by atoms with van der Waals surface area (Å²) in [6, 6.07) is 51.5. The summed E-state index contributed by atoms with van der Waals surface area (Å²) >= 11 is 0. The van der Waals surface area contributed by atoms with Crippen LogP contribution < -0.4 is 0 Å². The summed E-state index contributed by atoms with van der Waals surface area (Å²) in [4.78, 5) is 55.8. The quantitative estimate of drug-likeness (QED) is 0.0586. The highest BCUT2D eigenvalue weighted by Gasteiger charge is 2.45. The molecule has 0 amide bonds. The second-order valence-corrected chi connectivity index (χ2v) is 13.1. The van der Waals surface area contributed by atoms with Gasteiger partial charge in [-0.15, -0.1) is 0 Å². The SMILES string of the molecule is O=C(O[C@@H]([C@H](OC(=O)c1ccccc1)[C@@H](COCc1ccccc1)OC(=O)c1ccccc1)[C@H](COCc1ccccc1)OC(=O)c1ccccc1)c1ccccc1. The van der Waals surface area contributed by atoms with E-state index in [1.807, 2.05) is 60.7 Å². The van der Waals surface area contributed by atoms with Gasteiger partial charge in [-0.05, 0) is 59.7 Å². The Morgan fingerprint density at radius 3 is 0.845 bits per heavy atom. The molecule has 0 aliphatic rings. The van der Waals surface area contributed by atoms with E-state index in [9.17, 15) is 19.2 Å². The largest absolute Gasteiger partial charge is 0.452 e. The van der Waals surface area contributed by atoms with Crippen LogP contribution in [0.3, 0.4) is 0 Å². The maximum absolute atomic E-state index is 14.1. The third kappa shape index (κ3) is 12.1. The highest BCUT2D eigenvalue weighted by molar-refractivity contribution is 5.92. The minimum Gasteiger partial charge on any atom is -0.452 e. The van der Waals surface area contributed by atoms with E-state index in [0.29, 0.717) is 0 Å². The van der Waals surface area contributed by atoms with Gasteiger partial charge in [0.25, 0.3) is 0 Å².